The van der Waals surface area contributed by atoms with Crippen molar-refractivity contribution in [2.75, 3.05) is 26.2 Å². The zero-order valence-corrected chi connectivity index (χ0v) is 12.1. The topological polar surface area (TPSA) is 58.6 Å². The van der Waals surface area contributed by atoms with Crippen molar-refractivity contribution in [1.82, 2.24) is 9.62 Å². The number of piperidine rings is 1. The monoisotopic (exact) mass is 318 g/mol. The minimum atomic E-state index is -3.92. The number of hydrogen-bond donors (Lipinski definition) is 1. The Morgan fingerprint density at radius 1 is 1.33 bits per heavy atom. The van der Waals surface area contributed by atoms with E-state index >= 15 is 0 Å². The summed E-state index contributed by atoms with van der Waals surface area (Å²) in [6, 6.07) is 4.52. The lowest BCUT2D eigenvalue weighted by Gasteiger charge is -2.41. The third-order valence-electron chi connectivity index (χ3n) is 3.94. The molecule has 0 aromatic heterocycles. The molecular formula is C13H16F2N2O3S. The molecule has 116 valence electrons. The molecule has 2 fully saturated rings. The average molecular weight is 318 g/mol. The highest BCUT2D eigenvalue weighted by Crippen LogP contribution is 2.38. The normalized spacial score (nSPS) is 30.9. The molecule has 0 saturated carbocycles. The Balaban J connectivity index is 1.99. The third-order valence-corrected chi connectivity index (χ3v) is 5.88. The van der Waals surface area contributed by atoms with Gasteiger partial charge < -0.3 is 10.1 Å². The number of hydrogen-bond acceptors (Lipinski definition) is 4. The Kier molecular flexibility index (Phi) is 3.73. The van der Waals surface area contributed by atoms with Crippen molar-refractivity contribution in [3.8, 4) is 0 Å². The predicted octanol–water partition coefficient (Wildman–Crippen LogP) is 0.874. The molecule has 2 saturated heterocycles. The average Bonchev–Trinajstić information content (AvgIpc) is 2.88. The molecule has 1 N–H and O–H groups in total. The van der Waals surface area contributed by atoms with E-state index < -0.39 is 27.7 Å². The van der Waals surface area contributed by atoms with Gasteiger partial charge in [-0.15, -0.1) is 0 Å². The van der Waals surface area contributed by atoms with E-state index in [1.54, 1.807) is 0 Å². The van der Waals surface area contributed by atoms with Gasteiger partial charge in [-0.05, 0) is 30.8 Å². The molecule has 2 atom stereocenters. The summed E-state index contributed by atoms with van der Waals surface area (Å²) in [6.45, 7) is 0.784. The molecule has 1 aromatic rings. The van der Waals surface area contributed by atoms with Gasteiger partial charge in [0.1, 0.15) is 5.82 Å². The number of sulfonamides is 1. The first-order valence-electron chi connectivity index (χ1n) is 6.74. The number of halogens is 2. The van der Waals surface area contributed by atoms with Crippen LogP contribution in [-0.4, -0.2) is 50.9 Å². The maximum Gasteiger partial charge on any atom is 0.245 e. The van der Waals surface area contributed by atoms with Gasteiger partial charge in [0.25, 0.3) is 0 Å². The standard InChI is InChI=1S/C13H16F2N2O3S/c14-10-1-3-11(4-2-10)21(18,19)17-7-8-20-13(17)5-6-16-9-12(13)15/h1-4,12,16H,5-9H2/t12-,13-/m0/s1. The molecular weight excluding hydrogens is 302 g/mol. The van der Waals surface area contributed by atoms with Crippen LogP contribution in [0.25, 0.3) is 0 Å². The van der Waals surface area contributed by atoms with Crippen LogP contribution >= 0.6 is 0 Å². The summed E-state index contributed by atoms with van der Waals surface area (Å²) in [6.07, 6.45) is -1.20. The molecule has 2 heterocycles. The van der Waals surface area contributed by atoms with Gasteiger partial charge in [-0.1, -0.05) is 0 Å². The summed E-state index contributed by atoms with van der Waals surface area (Å²) in [5.41, 5.74) is -1.45. The molecule has 0 bridgehead atoms. The zero-order chi connectivity index (χ0) is 15.1. The Hall–Kier alpha value is -1.09. The van der Waals surface area contributed by atoms with Crippen LogP contribution in [0.3, 0.4) is 0 Å². The molecule has 8 heteroatoms. The summed E-state index contributed by atoms with van der Waals surface area (Å²) in [4.78, 5) is -0.0560. The molecule has 0 aliphatic carbocycles. The fourth-order valence-corrected chi connectivity index (χ4v) is 4.59. The Labute approximate surface area is 121 Å². The lowest BCUT2D eigenvalue weighted by atomic mass is 10.0. The highest BCUT2D eigenvalue weighted by molar-refractivity contribution is 7.89. The largest absolute Gasteiger partial charge is 0.355 e. The highest BCUT2D eigenvalue weighted by Gasteiger charge is 2.55. The molecule has 1 aromatic carbocycles. The minimum Gasteiger partial charge on any atom is -0.355 e. The first-order valence-corrected chi connectivity index (χ1v) is 8.18. The fourth-order valence-electron chi connectivity index (χ4n) is 2.88. The summed E-state index contributed by atoms with van der Waals surface area (Å²) >= 11 is 0. The van der Waals surface area contributed by atoms with E-state index in [2.05, 4.69) is 5.32 Å². The lowest BCUT2D eigenvalue weighted by molar-refractivity contribution is -0.120. The van der Waals surface area contributed by atoms with Gasteiger partial charge in [0.15, 0.2) is 11.9 Å². The van der Waals surface area contributed by atoms with Gasteiger partial charge in [0.05, 0.1) is 11.5 Å². The van der Waals surface area contributed by atoms with Gasteiger partial charge in [0, 0.05) is 19.5 Å². The van der Waals surface area contributed by atoms with Gasteiger partial charge in [-0.2, -0.15) is 4.31 Å². The van der Waals surface area contributed by atoms with Crippen LogP contribution in [0, 0.1) is 5.82 Å². The summed E-state index contributed by atoms with van der Waals surface area (Å²) in [7, 11) is -3.92. The van der Waals surface area contributed by atoms with Crippen LogP contribution in [0.2, 0.25) is 0 Å². The molecule has 0 unspecified atom stereocenters. The van der Waals surface area contributed by atoms with E-state index in [0.717, 1.165) is 16.4 Å². The van der Waals surface area contributed by atoms with Crippen LogP contribution in [0.4, 0.5) is 8.78 Å². The summed E-state index contributed by atoms with van der Waals surface area (Å²) < 4.78 is 59.3. The molecule has 0 amide bonds. The molecule has 1 spiro atoms. The SMILES string of the molecule is O=S(=O)(c1ccc(F)cc1)N1CCO[C@]12CCNC[C@@H]2F. The molecule has 2 aliphatic rings. The fraction of sp³-hybridized carbons (Fsp3) is 0.538. The van der Waals surface area contributed by atoms with E-state index in [4.69, 9.17) is 4.74 Å². The second-order valence-corrected chi connectivity index (χ2v) is 7.01. The predicted molar refractivity (Wildman–Crippen MR) is 71.4 cm³/mol. The maximum atomic E-state index is 14.4. The third kappa shape index (κ3) is 2.36. The van der Waals surface area contributed by atoms with Gasteiger partial charge in [-0.25, -0.2) is 17.2 Å². The maximum absolute atomic E-state index is 14.4. The lowest BCUT2D eigenvalue weighted by Crippen LogP contribution is -2.61. The van der Waals surface area contributed by atoms with Crippen LogP contribution < -0.4 is 5.32 Å². The Morgan fingerprint density at radius 3 is 2.71 bits per heavy atom. The van der Waals surface area contributed by atoms with Crippen molar-refractivity contribution in [3.63, 3.8) is 0 Å². The Morgan fingerprint density at radius 2 is 2.05 bits per heavy atom. The first kappa shape index (κ1) is 14.8. The molecule has 3 rings (SSSR count). The second kappa shape index (κ2) is 5.28. The van der Waals surface area contributed by atoms with E-state index in [1.165, 1.54) is 12.1 Å². The van der Waals surface area contributed by atoms with E-state index in [-0.39, 0.29) is 31.0 Å². The number of rotatable bonds is 2. The molecule has 21 heavy (non-hydrogen) atoms. The van der Waals surface area contributed by atoms with Crippen molar-refractivity contribution >= 4 is 10.0 Å². The quantitative estimate of drug-likeness (QED) is 0.879. The van der Waals surface area contributed by atoms with Crippen molar-refractivity contribution in [2.45, 2.75) is 23.2 Å². The van der Waals surface area contributed by atoms with Crippen LogP contribution in [-0.2, 0) is 14.8 Å². The molecule has 2 aliphatic heterocycles. The van der Waals surface area contributed by atoms with Crippen LogP contribution in [0.1, 0.15) is 6.42 Å². The summed E-state index contributed by atoms with van der Waals surface area (Å²) in [5.74, 6) is -0.522. The van der Waals surface area contributed by atoms with Crippen molar-refractivity contribution in [2.24, 2.45) is 0 Å². The van der Waals surface area contributed by atoms with Crippen molar-refractivity contribution in [1.29, 1.82) is 0 Å². The number of ether oxygens (including phenoxy) is 1. The van der Waals surface area contributed by atoms with E-state index in [0.29, 0.717) is 6.54 Å². The minimum absolute atomic E-state index is 0.0510. The smallest absolute Gasteiger partial charge is 0.245 e. The zero-order valence-electron chi connectivity index (χ0n) is 11.3. The van der Waals surface area contributed by atoms with Gasteiger partial charge in [-0.3, -0.25) is 0 Å². The first-order chi connectivity index (χ1) is 9.97. The van der Waals surface area contributed by atoms with Crippen molar-refractivity contribution < 1.29 is 21.9 Å². The molecule has 5 nitrogen and oxygen atoms in total. The van der Waals surface area contributed by atoms with Gasteiger partial charge in [0.2, 0.25) is 10.0 Å². The van der Waals surface area contributed by atoms with Crippen molar-refractivity contribution in [3.05, 3.63) is 30.1 Å². The molecule has 0 radical (unpaired) electrons. The van der Waals surface area contributed by atoms with Gasteiger partial charge >= 0.3 is 0 Å². The van der Waals surface area contributed by atoms with E-state index in [1.807, 2.05) is 0 Å². The Bertz CT molecular complexity index is 623. The number of benzene rings is 1. The summed E-state index contributed by atoms with van der Waals surface area (Å²) in [5, 5.41) is 2.88. The number of alkyl halides is 1. The highest BCUT2D eigenvalue weighted by atomic mass is 32.2. The second-order valence-electron chi connectivity index (χ2n) is 5.15. The number of nitrogens with zero attached hydrogens (tertiary/aromatic N) is 1. The number of nitrogens with one attached hydrogen (secondary N) is 1. The van der Waals surface area contributed by atoms with E-state index in [9.17, 15) is 17.2 Å². The van der Waals surface area contributed by atoms with Crippen LogP contribution in [0.5, 0.6) is 0 Å². The van der Waals surface area contributed by atoms with Crippen LogP contribution in [0.15, 0.2) is 29.2 Å².